The van der Waals surface area contributed by atoms with Crippen molar-refractivity contribution in [2.45, 2.75) is 11.8 Å². The van der Waals surface area contributed by atoms with Crippen LogP contribution in [0.2, 0.25) is 0 Å². The molecule has 0 spiro atoms. The van der Waals surface area contributed by atoms with Gasteiger partial charge >= 0.3 is 5.97 Å². The van der Waals surface area contributed by atoms with Crippen molar-refractivity contribution in [1.82, 2.24) is 4.83 Å². The van der Waals surface area contributed by atoms with Crippen LogP contribution in [0.15, 0.2) is 88.9 Å². The van der Waals surface area contributed by atoms with Crippen molar-refractivity contribution in [3.63, 3.8) is 0 Å². The first-order valence-electron chi connectivity index (χ1n) is 8.43. The lowest BCUT2D eigenvalue weighted by Crippen LogP contribution is -2.18. The molecule has 1 N–H and O–H groups in total. The highest BCUT2D eigenvalue weighted by Gasteiger charge is 2.11. The molecule has 0 fully saturated rings. The maximum Gasteiger partial charge on any atom is 0.343 e. The number of ether oxygens (including phenoxy) is 1. The number of rotatable bonds is 6. The lowest BCUT2D eigenvalue weighted by molar-refractivity contribution is 0.0734. The lowest BCUT2D eigenvalue weighted by atomic mass is 10.1. The Morgan fingerprint density at radius 1 is 0.929 bits per heavy atom. The van der Waals surface area contributed by atoms with E-state index in [2.05, 4.69) is 9.93 Å². The van der Waals surface area contributed by atoms with Gasteiger partial charge in [0.05, 0.1) is 16.7 Å². The largest absolute Gasteiger partial charge is 0.423 e. The van der Waals surface area contributed by atoms with Gasteiger partial charge in [-0.25, -0.2) is 9.63 Å². The fraction of sp³-hybridized carbons (Fsp3) is 0.0476. The molecule has 142 valence electrons. The van der Waals surface area contributed by atoms with Gasteiger partial charge in [0.2, 0.25) is 0 Å². The van der Waals surface area contributed by atoms with Crippen molar-refractivity contribution in [3.05, 3.63) is 95.6 Å². The van der Waals surface area contributed by atoms with Crippen LogP contribution < -0.4 is 9.57 Å². The molecule has 0 unspecified atom stereocenters. The highest BCUT2D eigenvalue weighted by molar-refractivity contribution is 7.89. The summed E-state index contributed by atoms with van der Waals surface area (Å²) in [5.74, 6) is -0.0652. The van der Waals surface area contributed by atoms with Crippen molar-refractivity contribution in [3.8, 4) is 5.75 Å². The van der Waals surface area contributed by atoms with Crippen LogP contribution in [-0.2, 0) is 10.0 Å². The van der Waals surface area contributed by atoms with E-state index in [4.69, 9.17) is 4.74 Å². The Morgan fingerprint density at radius 2 is 1.57 bits per heavy atom. The average Bonchev–Trinajstić information content (AvgIpc) is 2.70. The lowest BCUT2D eigenvalue weighted by Gasteiger charge is -2.05. The number of nitrogens with one attached hydrogen (secondary N) is 1. The number of benzene rings is 3. The van der Waals surface area contributed by atoms with E-state index in [1.54, 1.807) is 54.6 Å². The first-order valence-corrected chi connectivity index (χ1v) is 9.91. The van der Waals surface area contributed by atoms with Crippen LogP contribution in [0.1, 0.15) is 21.5 Å². The van der Waals surface area contributed by atoms with E-state index in [9.17, 15) is 13.2 Å². The van der Waals surface area contributed by atoms with Crippen molar-refractivity contribution in [2.24, 2.45) is 5.10 Å². The number of sulfonamides is 1. The molecule has 0 aliphatic heterocycles. The van der Waals surface area contributed by atoms with Gasteiger partial charge in [-0.05, 0) is 61.0 Å². The molecule has 3 aromatic rings. The van der Waals surface area contributed by atoms with E-state index in [0.29, 0.717) is 16.9 Å². The van der Waals surface area contributed by atoms with E-state index in [1.807, 2.05) is 19.1 Å². The predicted molar refractivity (Wildman–Crippen MR) is 107 cm³/mol. The van der Waals surface area contributed by atoms with Crippen LogP contribution in [0.5, 0.6) is 5.75 Å². The Balaban J connectivity index is 1.60. The maximum absolute atomic E-state index is 12.1. The Bertz CT molecular complexity index is 1080. The van der Waals surface area contributed by atoms with Gasteiger partial charge in [0, 0.05) is 0 Å². The molecule has 0 saturated heterocycles. The van der Waals surface area contributed by atoms with Gasteiger partial charge in [-0.1, -0.05) is 35.9 Å². The molecule has 0 bridgehead atoms. The number of hydrogen-bond donors (Lipinski definition) is 1. The number of esters is 1. The standard InChI is InChI=1S/C21H18N2O4S/c1-16-7-11-18(12-8-16)21(24)27-19-13-9-17(10-14-19)15-22-23-28(25,26)20-5-3-2-4-6-20/h2-15,23H,1H3. The topological polar surface area (TPSA) is 84.8 Å². The molecule has 3 rings (SSSR count). The summed E-state index contributed by atoms with van der Waals surface area (Å²) in [6.45, 7) is 1.94. The second kappa shape index (κ2) is 8.49. The van der Waals surface area contributed by atoms with E-state index in [0.717, 1.165) is 5.56 Å². The summed E-state index contributed by atoms with van der Waals surface area (Å²) in [6, 6.07) is 21.6. The number of hydrogen-bond acceptors (Lipinski definition) is 5. The summed E-state index contributed by atoms with van der Waals surface area (Å²) in [6.07, 6.45) is 1.37. The molecule has 3 aromatic carbocycles. The smallest absolute Gasteiger partial charge is 0.343 e. The van der Waals surface area contributed by atoms with E-state index in [-0.39, 0.29) is 4.90 Å². The summed E-state index contributed by atoms with van der Waals surface area (Å²) in [7, 11) is -3.71. The fourth-order valence-corrected chi connectivity index (χ4v) is 3.11. The number of carbonyl (C=O) groups is 1. The highest BCUT2D eigenvalue weighted by Crippen LogP contribution is 2.14. The minimum absolute atomic E-state index is 0.130. The van der Waals surface area contributed by atoms with Crippen LogP contribution in [0.25, 0.3) is 0 Å². The minimum atomic E-state index is -3.71. The number of carbonyl (C=O) groups excluding carboxylic acids is 1. The Labute approximate surface area is 163 Å². The van der Waals surface area contributed by atoms with Crippen LogP contribution in [0, 0.1) is 6.92 Å². The Morgan fingerprint density at radius 3 is 2.21 bits per heavy atom. The Hall–Kier alpha value is -3.45. The van der Waals surface area contributed by atoms with Gasteiger partial charge < -0.3 is 4.74 Å². The fourth-order valence-electron chi connectivity index (χ4n) is 2.30. The number of aryl methyl sites for hydroxylation is 1. The molecule has 0 aliphatic rings. The first-order chi connectivity index (χ1) is 13.4. The Kier molecular flexibility index (Phi) is 5.86. The molecule has 0 atom stereocenters. The molecule has 0 aliphatic carbocycles. The van der Waals surface area contributed by atoms with Crippen molar-refractivity contribution < 1.29 is 17.9 Å². The predicted octanol–water partition coefficient (Wildman–Crippen LogP) is 3.53. The van der Waals surface area contributed by atoms with Gasteiger partial charge in [-0.15, -0.1) is 0 Å². The molecule has 0 saturated carbocycles. The molecule has 7 heteroatoms. The summed E-state index contributed by atoms with van der Waals surface area (Å²) in [5, 5.41) is 3.77. The molecule has 0 aromatic heterocycles. The van der Waals surface area contributed by atoms with Gasteiger partial charge in [0.15, 0.2) is 0 Å². The van der Waals surface area contributed by atoms with E-state index >= 15 is 0 Å². The monoisotopic (exact) mass is 394 g/mol. The molecule has 0 heterocycles. The summed E-state index contributed by atoms with van der Waals surface area (Å²) >= 11 is 0. The molecule has 0 radical (unpaired) electrons. The maximum atomic E-state index is 12.1. The molecule has 28 heavy (non-hydrogen) atoms. The first kappa shape index (κ1) is 19.3. The zero-order valence-electron chi connectivity index (χ0n) is 15.1. The van der Waals surface area contributed by atoms with Crippen LogP contribution in [0.3, 0.4) is 0 Å². The molecular formula is C21H18N2O4S. The summed E-state index contributed by atoms with van der Waals surface area (Å²) < 4.78 is 29.5. The van der Waals surface area contributed by atoms with Gasteiger partial charge in [-0.3, -0.25) is 0 Å². The third kappa shape index (κ3) is 5.05. The van der Waals surface area contributed by atoms with E-state index < -0.39 is 16.0 Å². The zero-order valence-corrected chi connectivity index (χ0v) is 15.9. The van der Waals surface area contributed by atoms with Crippen LogP contribution in [-0.4, -0.2) is 20.6 Å². The van der Waals surface area contributed by atoms with Gasteiger partial charge in [0.1, 0.15) is 5.75 Å². The third-order valence-electron chi connectivity index (χ3n) is 3.82. The minimum Gasteiger partial charge on any atom is -0.423 e. The molecular weight excluding hydrogens is 376 g/mol. The molecule has 6 nitrogen and oxygen atoms in total. The number of nitrogens with zero attached hydrogens (tertiary/aromatic N) is 1. The zero-order chi connectivity index (χ0) is 20.0. The summed E-state index contributed by atoms with van der Waals surface area (Å²) in [4.78, 5) is 14.4. The van der Waals surface area contributed by atoms with Gasteiger partial charge in [-0.2, -0.15) is 13.5 Å². The van der Waals surface area contributed by atoms with Crippen molar-refractivity contribution >= 4 is 22.2 Å². The van der Waals surface area contributed by atoms with Crippen LogP contribution in [0.4, 0.5) is 0 Å². The average molecular weight is 394 g/mol. The summed E-state index contributed by atoms with van der Waals surface area (Å²) in [5.41, 5.74) is 2.17. The number of hydrazone groups is 1. The van der Waals surface area contributed by atoms with Crippen LogP contribution >= 0.6 is 0 Å². The quantitative estimate of drug-likeness (QED) is 0.300. The van der Waals surface area contributed by atoms with E-state index in [1.165, 1.54) is 18.3 Å². The van der Waals surface area contributed by atoms with Gasteiger partial charge in [0.25, 0.3) is 10.0 Å². The normalized spacial score (nSPS) is 11.3. The second-order valence-corrected chi connectivity index (χ2v) is 7.65. The second-order valence-electron chi connectivity index (χ2n) is 5.99. The highest BCUT2D eigenvalue weighted by atomic mass is 32.2. The molecule has 0 amide bonds. The SMILES string of the molecule is Cc1ccc(C(=O)Oc2ccc(C=NNS(=O)(=O)c3ccccc3)cc2)cc1. The third-order valence-corrected chi connectivity index (χ3v) is 5.06. The van der Waals surface area contributed by atoms with Crippen molar-refractivity contribution in [2.75, 3.05) is 0 Å². The van der Waals surface area contributed by atoms with Crippen molar-refractivity contribution in [1.29, 1.82) is 0 Å².